The Morgan fingerprint density at radius 1 is 1.08 bits per heavy atom. The van der Waals surface area contributed by atoms with Gasteiger partial charge in [-0.05, 0) is 42.3 Å². The van der Waals surface area contributed by atoms with Gasteiger partial charge in [-0.2, -0.15) is 0 Å². The molecule has 6 heteroatoms. The molecule has 0 saturated carbocycles. The van der Waals surface area contributed by atoms with E-state index >= 15 is 0 Å². The number of halogens is 2. The molecular formula is C19H20Cl2N2O2. The molecular weight excluding hydrogens is 359 g/mol. The molecule has 2 aromatic rings. The molecule has 0 aliphatic heterocycles. The Kier molecular flexibility index (Phi) is 6.85. The van der Waals surface area contributed by atoms with Gasteiger partial charge in [0.05, 0.1) is 6.42 Å². The van der Waals surface area contributed by atoms with Crippen LogP contribution in [0.25, 0.3) is 0 Å². The molecule has 0 atom stereocenters. The maximum Gasteiger partial charge on any atom is 0.224 e. The summed E-state index contributed by atoms with van der Waals surface area (Å²) in [5, 5.41) is 4.07. The van der Waals surface area contributed by atoms with E-state index < -0.39 is 0 Å². The Labute approximate surface area is 157 Å². The third-order valence-electron chi connectivity index (χ3n) is 3.78. The fourth-order valence-corrected chi connectivity index (χ4v) is 2.68. The fraction of sp³-hybridized carbons (Fsp3) is 0.263. The molecule has 2 amide bonds. The minimum atomic E-state index is -0.105. The molecule has 4 nitrogen and oxygen atoms in total. The van der Waals surface area contributed by atoms with Crippen LogP contribution < -0.4 is 10.2 Å². The van der Waals surface area contributed by atoms with Crippen molar-refractivity contribution in [2.45, 2.75) is 20.3 Å². The van der Waals surface area contributed by atoms with E-state index in [-0.39, 0.29) is 18.2 Å². The van der Waals surface area contributed by atoms with Crippen LogP contribution in [-0.4, -0.2) is 24.9 Å². The Hall–Kier alpha value is -2.04. The first-order chi connectivity index (χ1) is 11.9. The number of hydrogen-bond acceptors (Lipinski definition) is 2. The molecule has 0 heterocycles. The highest BCUT2D eigenvalue weighted by Gasteiger charge is 2.13. The van der Waals surface area contributed by atoms with E-state index in [9.17, 15) is 9.59 Å². The van der Waals surface area contributed by atoms with Gasteiger partial charge < -0.3 is 10.2 Å². The van der Waals surface area contributed by atoms with Crippen molar-refractivity contribution in [3.05, 3.63) is 63.6 Å². The molecule has 0 aromatic heterocycles. The van der Waals surface area contributed by atoms with E-state index in [1.165, 1.54) is 6.92 Å². The second kappa shape index (κ2) is 8.88. The third kappa shape index (κ3) is 5.76. The van der Waals surface area contributed by atoms with Crippen LogP contribution in [0.5, 0.6) is 0 Å². The highest BCUT2D eigenvalue weighted by Crippen LogP contribution is 2.23. The summed E-state index contributed by atoms with van der Waals surface area (Å²) < 4.78 is 0. The average Bonchev–Trinajstić information content (AvgIpc) is 2.56. The van der Waals surface area contributed by atoms with Crippen LogP contribution in [0.1, 0.15) is 18.1 Å². The summed E-state index contributed by atoms with van der Waals surface area (Å²) in [6.07, 6.45) is 0.271. The first-order valence-electron chi connectivity index (χ1n) is 7.92. The lowest BCUT2D eigenvalue weighted by atomic mass is 10.1. The van der Waals surface area contributed by atoms with Crippen molar-refractivity contribution in [1.29, 1.82) is 0 Å². The van der Waals surface area contributed by atoms with Crippen LogP contribution in [-0.2, 0) is 16.0 Å². The Morgan fingerprint density at radius 2 is 1.76 bits per heavy atom. The molecule has 0 saturated heterocycles. The second-order valence-electron chi connectivity index (χ2n) is 5.76. The molecule has 2 aromatic carbocycles. The molecule has 0 aliphatic rings. The topological polar surface area (TPSA) is 49.4 Å². The first kappa shape index (κ1) is 19.3. The Bertz CT molecular complexity index is 761. The van der Waals surface area contributed by atoms with Gasteiger partial charge in [-0.25, -0.2) is 0 Å². The van der Waals surface area contributed by atoms with Crippen LogP contribution in [0.15, 0.2) is 42.5 Å². The van der Waals surface area contributed by atoms with Gasteiger partial charge in [-0.15, -0.1) is 0 Å². The van der Waals surface area contributed by atoms with Gasteiger partial charge in [-0.1, -0.05) is 41.4 Å². The number of benzene rings is 2. The quantitative estimate of drug-likeness (QED) is 0.825. The zero-order valence-electron chi connectivity index (χ0n) is 14.2. The van der Waals surface area contributed by atoms with Gasteiger partial charge in [0.2, 0.25) is 11.8 Å². The third-order valence-corrected chi connectivity index (χ3v) is 4.44. The van der Waals surface area contributed by atoms with E-state index in [4.69, 9.17) is 23.2 Å². The molecule has 132 valence electrons. The van der Waals surface area contributed by atoms with Crippen molar-refractivity contribution >= 4 is 40.7 Å². The first-order valence-corrected chi connectivity index (χ1v) is 8.68. The van der Waals surface area contributed by atoms with E-state index in [0.29, 0.717) is 23.1 Å². The largest absolute Gasteiger partial charge is 0.354 e. The lowest BCUT2D eigenvalue weighted by Crippen LogP contribution is -2.38. The van der Waals surface area contributed by atoms with E-state index in [1.54, 1.807) is 23.1 Å². The number of nitrogens with zero attached hydrogens (tertiary/aromatic N) is 1. The monoisotopic (exact) mass is 378 g/mol. The predicted molar refractivity (Wildman–Crippen MR) is 102 cm³/mol. The number of hydrogen-bond donors (Lipinski definition) is 1. The van der Waals surface area contributed by atoms with Crippen LogP contribution in [0.4, 0.5) is 5.69 Å². The molecule has 0 radical (unpaired) electrons. The van der Waals surface area contributed by atoms with Crippen LogP contribution in [0.2, 0.25) is 10.0 Å². The summed E-state index contributed by atoms with van der Waals surface area (Å²) in [5.41, 5.74) is 2.55. The average molecular weight is 379 g/mol. The molecule has 25 heavy (non-hydrogen) atoms. The molecule has 1 N–H and O–H groups in total. The Morgan fingerprint density at radius 3 is 2.36 bits per heavy atom. The number of anilines is 1. The van der Waals surface area contributed by atoms with Crippen molar-refractivity contribution in [2.24, 2.45) is 0 Å². The Balaban J connectivity index is 1.90. The number of carbonyl (C=O) groups excluding carboxylic acids is 2. The zero-order valence-corrected chi connectivity index (χ0v) is 15.7. The van der Waals surface area contributed by atoms with Crippen LogP contribution >= 0.6 is 23.2 Å². The summed E-state index contributed by atoms with van der Waals surface area (Å²) in [5.74, 6) is -0.209. The van der Waals surface area contributed by atoms with Gasteiger partial charge in [0.1, 0.15) is 0 Å². The van der Waals surface area contributed by atoms with Crippen LogP contribution in [0.3, 0.4) is 0 Å². The minimum Gasteiger partial charge on any atom is -0.354 e. The van der Waals surface area contributed by atoms with Crippen molar-refractivity contribution in [3.8, 4) is 0 Å². The van der Waals surface area contributed by atoms with Crippen molar-refractivity contribution < 1.29 is 9.59 Å². The maximum absolute atomic E-state index is 12.0. The smallest absolute Gasteiger partial charge is 0.224 e. The summed E-state index contributed by atoms with van der Waals surface area (Å²) >= 11 is 12.0. The number of carbonyl (C=O) groups is 2. The number of aryl methyl sites for hydroxylation is 1. The number of rotatable bonds is 6. The normalized spacial score (nSPS) is 10.4. The van der Waals surface area contributed by atoms with Gasteiger partial charge >= 0.3 is 0 Å². The van der Waals surface area contributed by atoms with Gasteiger partial charge in [-0.3, -0.25) is 9.59 Å². The molecule has 0 fully saturated rings. The maximum atomic E-state index is 12.0. The van der Waals surface area contributed by atoms with Gasteiger partial charge in [0.25, 0.3) is 0 Å². The van der Waals surface area contributed by atoms with Crippen molar-refractivity contribution in [2.75, 3.05) is 18.0 Å². The highest BCUT2D eigenvalue weighted by atomic mass is 35.5. The molecule has 2 rings (SSSR count). The predicted octanol–water partition coefficient (Wildman–Crippen LogP) is 4.01. The summed E-state index contributed by atoms with van der Waals surface area (Å²) in [6, 6.07) is 12.6. The second-order valence-corrected chi connectivity index (χ2v) is 6.60. The summed E-state index contributed by atoms with van der Waals surface area (Å²) in [4.78, 5) is 25.5. The molecule has 0 spiro atoms. The van der Waals surface area contributed by atoms with E-state index in [0.717, 1.165) is 16.8 Å². The van der Waals surface area contributed by atoms with E-state index in [2.05, 4.69) is 5.32 Å². The number of amides is 2. The molecule has 0 bridgehead atoms. The zero-order chi connectivity index (χ0) is 18.4. The SMILES string of the molecule is CC(=O)N(CCNC(=O)Cc1ccc(Cl)cc1)c1ccc(C)c(Cl)c1. The fourth-order valence-electron chi connectivity index (χ4n) is 2.38. The highest BCUT2D eigenvalue weighted by molar-refractivity contribution is 6.31. The minimum absolute atomic E-state index is 0.104. The summed E-state index contributed by atoms with van der Waals surface area (Å²) in [7, 11) is 0. The van der Waals surface area contributed by atoms with Gasteiger partial charge in [0.15, 0.2) is 0 Å². The van der Waals surface area contributed by atoms with E-state index in [1.807, 2.05) is 31.2 Å². The van der Waals surface area contributed by atoms with Crippen molar-refractivity contribution in [3.63, 3.8) is 0 Å². The van der Waals surface area contributed by atoms with Crippen molar-refractivity contribution in [1.82, 2.24) is 5.32 Å². The molecule has 0 unspecified atom stereocenters. The standard InChI is InChI=1S/C19H20Cl2N2O2/c1-13-3-8-17(12-18(13)21)23(14(2)24)10-9-22-19(25)11-15-4-6-16(20)7-5-15/h3-8,12H,9-11H2,1-2H3,(H,22,25). The molecule has 0 aliphatic carbocycles. The summed E-state index contributed by atoms with van der Waals surface area (Å²) in [6.45, 7) is 4.13. The lowest BCUT2D eigenvalue weighted by molar-refractivity contribution is -0.121. The van der Waals surface area contributed by atoms with Gasteiger partial charge in [0, 0.05) is 35.7 Å². The van der Waals surface area contributed by atoms with Crippen LogP contribution in [0, 0.1) is 6.92 Å². The number of nitrogens with one attached hydrogen (secondary N) is 1. The lowest BCUT2D eigenvalue weighted by Gasteiger charge is -2.22.